The summed E-state index contributed by atoms with van der Waals surface area (Å²) in [4.78, 5) is 27.0. The molecule has 2 unspecified atom stereocenters. The Morgan fingerprint density at radius 2 is 2.11 bits per heavy atom. The molecule has 3 fully saturated rings. The van der Waals surface area contributed by atoms with Gasteiger partial charge in [-0.1, -0.05) is 12.8 Å². The Labute approximate surface area is 160 Å². The molecule has 2 saturated carbocycles. The van der Waals surface area contributed by atoms with E-state index in [1.165, 1.54) is 18.4 Å². The van der Waals surface area contributed by atoms with Crippen molar-refractivity contribution in [3.8, 4) is 6.07 Å². The maximum atomic E-state index is 13.3. The number of carbonyl (C=O) groups is 1. The van der Waals surface area contributed by atoms with Crippen molar-refractivity contribution in [2.45, 2.75) is 64.0 Å². The van der Waals surface area contributed by atoms with E-state index in [1.807, 2.05) is 18.0 Å². The second kappa shape index (κ2) is 6.27. The molecular formula is C21H27N5O. The second-order valence-electron chi connectivity index (χ2n) is 8.99. The lowest BCUT2D eigenvalue weighted by Crippen LogP contribution is -2.46. The van der Waals surface area contributed by atoms with Gasteiger partial charge in [-0.25, -0.2) is 9.97 Å². The zero-order chi connectivity index (χ0) is 18.6. The van der Waals surface area contributed by atoms with Gasteiger partial charge in [-0.05, 0) is 38.5 Å². The lowest BCUT2D eigenvalue weighted by atomic mass is 9.86. The van der Waals surface area contributed by atoms with Crippen molar-refractivity contribution in [3.05, 3.63) is 23.3 Å². The lowest BCUT2D eigenvalue weighted by Gasteiger charge is -2.37. The number of hydrogen-bond donors (Lipinski definition) is 0. The highest BCUT2D eigenvalue weighted by molar-refractivity contribution is 5.86. The van der Waals surface area contributed by atoms with Crippen LogP contribution in [0.5, 0.6) is 0 Å². The van der Waals surface area contributed by atoms with Crippen molar-refractivity contribution in [2.24, 2.45) is 11.3 Å². The highest BCUT2D eigenvalue weighted by atomic mass is 16.2. The zero-order valence-corrected chi connectivity index (χ0v) is 16.0. The summed E-state index contributed by atoms with van der Waals surface area (Å²) in [5.74, 6) is 1.92. The molecule has 142 valence electrons. The number of aryl methyl sites for hydroxylation is 1. The highest BCUT2D eigenvalue weighted by Gasteiger charge is 2.50. The van der Waals surface area contributed by atoms with Crippen LogP contribution in [0.3, 0.4) is 0 Å². The molecule has 6 nitrogen and oxygen atoms in total. The van der Waals surface area contributed by atoms with Gasteiger partial charge in [0.05, 0.1) is 11.8 Å². The summed E-state index contributed by atoms with van der Waals surface area (Å²) in [5, 5.41) is 9.75. The average molecular weight is 365 g/mol. The number of amides is 1. The fourth-order valence-corrected chi connectivity index (χ4v) is 5.37. The van der Waals surface area contributed by atoms with Gasteiger partial charge in [0.2, 0.25) is 5.91 Å². The molecule has 0 bridgehead atoms. The van der Waals surface area contributed by atoms with Crippen LogP contribution < -0.4 is 0 Å². The summed E-state index contributed by atoms with van der Waals surface area (Å²) in [6, 6.07) is 2.71. The first-order valence-electron chi connectivity index (χ1n) is 10.4. The fraction of sp³-hybridized carbons (Fsp3) is 0.714. The largest absolute Gasteiger partial charge is 0.339 e. The van der Waals surface area contributed by atoms with Gasteiger partial charge < -0.3 is 4.90 Å². The Morgan fingerprint density at radius 1 is 1.33 bits per heavy atom. The van der Waals surface area contributed by atoms with E-state index < -0.39 is 5.41 Å². The van der Waals surface area contributed by atoms with Crippen molar-refractivity contribution >= 4 is 5.91 Å². The van der Waals surface area contributed by atoms with Gasteiger partial charge in [0.1, 0.15) is 11.2 Å². The standard InChI is InChI=1S/C21H27N5O/c1-14-23-8-16-10-25(9-15-4-5-15)18-12-26(11-17(18)19(16)24-14)20(27)21(13-22)6-2-3-7-21/h8,15,17-18H,2-7,9-12H2,1H3. The first-order valence-corrected chi connectivity index (χ1v) is 10.4. The molecule has 6 heteroatoms. The Morgan fingerprint density at radius 3 is 2.81 bits per heavy atom. The van der Waals surface area contributed by atoms with Gasteiger partial charge in [0, 0.05) is 49.9 Å². The van der Waals surface area contributed by atoms with Crippen LogP contribution in [0.25, 0.3) is 0 Å². The lowest BCUT2D eigenvalue weighted by molar-refractivity contribution is -0.138. The van der Waals surface area contributed by atoms with Gasteiger partial charge in [0.15, 0.2) is 0 Å². The minimum absolute atomic E-state index is 0.0654. The van der Waals surface area contributed by atoms with E-state index in [9.17, 15) is 10.1 Å². The number of aromatic nitrogens is 2. The van der Waals surface area contributed by atoms with E-state index >= 15 is 0 Å². The highest BCUT2D eigenvalue weighted by Crippen LogP contribution is 2.44. The van der Waals surface area contributed by atoms with Gasteiger partial charge in [-0.3, -0.25) is 9.69 Å². The van der Waals surface area contributed by atoms with E-state index in [2.05, 4.69) is 16.0 Å². The average Bonchev–Trinajstić information content (AvgIpc) is 3.19. The van der Waals surface area contributed by atoms with E-state index in [4.69, 9.17) is 4.98 Å². The van der Waals surface area contributed by atoms with Gasteiger partial charge >= 0.3 is 0 Å². The predicted molar refractivity (Wildman–Crippen MR) is 99.5 cm³/mol. The topological polar surface area (TPSA) is 73.1 Å². The quantitative estimate of drug-likeness (QED) is 0.822. The van der Waals surface area contributed by atoms with E-state index in [1.54, 1.807) is 0 Å². The summed E-state index contributed by atoms with van der Waals surface area (Å²) in [6.07, 6.45) is 8.05. The minimum atomic E-state index is -0.779. The Hall–Kier alpha value is -2.00. The molecule has 1 saturated heterocycles. The first kappa shape index (κ1) is 17.1. The normalized spacial score (nSPS) is 29.3. The van der Waals surface area contributed by atoms with E-state index in [0.717, 1.165) is 62.8 Å². The van der Waals surface area contributed by atoms with Crippen LogP contribution >= 0.6 is 0 Å². The third-order valence-electron chi connectivity index (χ3n) is 7.06. The SMILES string of the molecule is Cc1ncc2c(n1)C1CN(C(=O)C3(C#N)CCCC3)CC1N(CC1CC1)C2. The summed E-state index contributed by atoms with van der Waals surface area (Å²) >= 11 is 0. The molecule has 5 rings (SSSR count). The number of nitrogens with zero attached hydrogens (tertiary/aromatic N) is 5. The Kier molecular flexibility index (Phi) is 3.98. The molecule has 1 aromatic rings. The number of nitriles is 1. The number of likely N-dealkylation sites (tertiary alicyclic amines) is 1. The summed E-state index contributed by atoms with van der Waals surface area (Å²) in [5.41, 5.74) is 1.57. The molecule has 1 amide bonds. The maximum Gasteiger partial charge on any atom is 0.243 e. The monoisotopic (exact) mass is 365 g/mol. The van der Waals surface area contributed by atoms with Crippen molar-refractivity contribution in [3.63, 3.8) is 0 Å². The third-order valence-corrected chi connectivity index (χ3v) is 7.06. The minimum Gasteiger partial charge on any atom is -0.339 e. The van der Waals surface area contributed by atoms with Crippen molar-refractivity contribution in [1.82, 2.24) is 19.8 Å². The number of hydrogen-bond acceptors (Lipinski definition) is 5. The van der Waals surface area contributed by atoms with Crippen LogP contribution in [0, 0.1) is 29.6 Å². The third kappa shape index (κ3) is 2.84. The van der Waals surface area contributed by atoms with Crippen LogP contribution in [0.2, 0.25) is 0 Å². The maximum absolute atomic E-state index is 13.3. The van der Waals surface area contributed by atoms with Crippen molar-refractivity contribution in [2.75, 3.05) is 19.6 Å². The molecule has 2 aliphatic heterocycles. The predicted octanol–water partition coefficient (Wildman–Crippen LogP) is 2.39. The molecule has 1 aromatic heterocycles. The Bertz CT molecular complexity index is 805. The molecule has 2 atom stereocenters. The van der Waals surface area contributed by atoms with Gasteiger partial charge in [-0.2, -0.15) is 5.26 Å². The van der Waals surface area contributed by atoms with Crippen LogP contribution in [0.4, 0.5) is 0 Å². The molecule has 0 N–H and O–H groups in total. The van der Waals surface area contributed by atoms with Crippen LogP contribution in [0.1, 0.15) is 61.5 Å². The molecule has 3 heterocycles. The molecule has 4 aliphatic rings. The summed E-state index contributed by atoms with van der Waals surface area (Å²) < 4.78 is 0. The fourth-order valence-electron chi connectivity index (χ4n) is 5.37. The molecule has 0 radical (unpaired) electrons. The van der Waals surface area contributed by atoms with Gasteiger partial charge in [-0.15, -0.1) is 0 Å². The van der Waals surface area contributed by atoms with Crippen molar-refractivity contribution in [1.29, 1.82) is 5.26 Å². The molecule has 0 aromatic carbocycles. The van der Waals surface area contributed by atoms with Crippen LogP contribution in [-0.4, -0.2) is 51.4 Å². The van der Waals surface area contributed by atoms with Crippen LogP contribution in [-0.2, 0) is 11.3 Å². The van der Waals surface area contributed by atoms with Crippen molar-refractivity contribution < 1.29 is 4.79 Å². The van der Waals surface area contributed by atoms with E-state index in [0.29, 0.717) is 12.6 Å². The number of carbonyl (C=O) groups excluding carboxylic acids is 1. The Balaban J connectivity index is 1.45. The second-order valence-corrected chi connectivity index (χ2v) is 8.99. The molecule has 27 heavy (non-hydrogen) atoms. The van der Waals surface area contributed by atoms with E-state index in [-0.39, 0.29) is 11.8 Å². The number of fused-ring (bicyclic) bond motifs is 3. The smallest absolute Gasteiger partial charge is 0.243 e. The van der Waals surface area contributed by atoms with Crippen LogP contribution in [0.15, 0.2) is 6.20 Å². The summed E-state index contributed by atoms with van der Waals surface area (Å²) in [7, 11) is 0. The first-order chi connectivity index (χ1) is 13.1. The van der Waals surface area contributed by atoms with Gasteiger partial charge in [0.25, 0.3) is 0 Å². The molecule has 2 aliphatic carbocycles. The summed E-state index contributed by atoms with van der Waals surface area (Å²) in [6.45, 7) is 5.37. The molecule has 0 spiro atoms. The molecular weight excluding hydrogens is 338 g/mol. The number of rotatable bonds is 3. The zero-order valence-electron chi connectivity index (χ0n) is 16.0.